The highest BCUT2D eigenvalue weighted by Gasteiger charge is 2.45. The Labute approximate surface area is 204 Å². The molecule has 0 spiro atoms. The number of amides is 1. The number of aliphatic hydroxyl groups excluding tert-OH is 1. The van der Waals surface area contributed by atoms with Crippen molar-refractivity contribution in [3.63, 3.8) is 0 Å². The second-order valence-electron chi connectivity index (χ2n) is 9.20. The number of hydrogen-bond acceptors (Lipinski definition) is 5. The molecule has 7 nitrogen and oxygen atoms in total. The van der Waals surface area contributed by atoms with E-state index in [2.05, 4.69) is 11.9 Å². The van der Waals surface area contributed by atoms with Gasteiger partial charge in [-0.15, -0.1) is 0 Å². The first-order chi connectivity index (χ1) is 17.0. The molecule has 2 aliphatic heterocycles. The van der Waals surface area contributed by atoms with E-state index >= 15 is 0 Å². The Morgan fingerprint density at radius 2 is 1.94 bits per heavy atom. The Morgan fingerprint density at radius 3 is 2.66 bits per heavy atom. The molecule has 2 atom stereocenters. The Morgan fingerprint density at radius 1 is 1.14 bits per heavy atom. The van der Waals surface area contributed by atoms with Crippen LogP contribution in [0, 0.1) is 0 Å². The summed E-state index contributed by atoms with van der Waals surface area (Å²) in [4.78, 5) is 32.1. The number of Topliss-reactive ketones (excluding diaryl/α,β-unsaturated/α-hetero) is 1. The monoisotopic (exact) mass is 471 g/mol. The third kappa shape index (κ3) is 4.34. The van der Waals surface area contributed by atoms with Gasteiger partial charge in [0.05, 0.1) is 17.9 Å². The van der Waals surface area contributed by atoms with Crippen molar-refractivity contribution in [2.45, 2.75) is 51.8 Å². The topological polar surface area (TPSA) is 84.7 Å². The zero-order valence-electron chi connectivity index (χ0n) is 20.0. The number of ether oxygens (including phenoxy) is 1. The van der Waals surface area contributed by atoms with Crippen LogP contribution in [0.1, 0.15) is 48.6 Å². The van der Waals surface area contributed by atoms with Crippen molar-refractivity contribution in [3.8, 4) is 5.75 Å². The summed E-state index contributed by atoms with van der Waals surface area (Å²) in [5.41, 5.74) is 3.61. The van der Waals surface area contributed by atoms with Crippen molar-refractivity contribution >= 4 is 17.4 Å². The van der Waals surface area contributed by atoms with E-state index in [1.54, 1.807) is 23.5 Å². The summed E-state index contributed by atoms with van der Waals surface area (Å²) in [5.74, 6) is -0.590. The minimum absolute atomic E-state index is 0.0700. The maximum Gasteiger partial charge on any atom is 0.295 e. The Bertz CT molecular complexity index is 1280. The molecule has 180 valence electrons. The van der Waals surface area contributed by atoms with Crippen LogP contribution in [-0.2, 0) is 29.0 Å². The van der Waals surface area contributed by atoms with Crippen LogP contribution in [0.3, 0.4) is 0 Å². The molecule has 0 radical (unpaired) electrons. The van der Waals surface area contributed by atoms with E-state index in [0.717, 1.165) is 29.7 Å². The van der Waals surface area contributed by atoms with Crippen LogP contribution in [-0.4, -0.2) is 43.9 Å². The lowest BCUT2D eigenvalue weighted by Crippen LogP contribution is -2.31. The molecule has 1 fully saturated rings. The van der Waals surface area contributed by atoms with Gasteiger partial charge in [0.25, 0.3) is 11.7 Å². The fourth-order valence-corrected chi connectivity index (χ4v) is 4.96. The minimum atomic E-state index is -0.653. The van der Waals surface area contributed by atoms with Gasteiger partial charge < -0.3 is 19.3 Å². The molecule has 1 amide bonds. The molecule has 5 rings (SSSR count). The lowest BCUT2D eigenvalue weighted by Gasteiger charge is -2.25. The normalized spacial score (nSPS) is 20.8. The standard InChI is InChI=1S/C28H29N3O4/c1-3-19-5-7-20(8-6-19)25-24(26(32)21-9-10-23-22(16-21)15-18(2)35-23)27(33)28(34)31(25)13-4-12-30-14-11-29-17-30/h5-11,14,16-18,25,32H,3-4,12-13,15H2,1-2H3/t18-,25+/m1/s1. The van der Waals surface area contributed by atoms with Crippen molar-refractivity contribution in [2.75, 3.05) is 6.54 Å². The number of imidazole rings is 1. The molecular weight excluding hydrogens is 442 g/mol. The Kier molecular flexibility index (Phi) is 6.16. The van der Waals surface area contributed by atoms with E-state index in [4.69, 9.17) is 4.74 Å². The average molecular weight is 472 g/mol. The number of nitrogens with zero attached hydrogens (tertiary/aromatic N) is 3. The number of likely N-dealkylation sites (tertiary alicyclic amines) is 1. The number of benzene rings is 2. The van der Waals surface area contributed by atoms with Crippen LogP contribution in [0.4, 0.5) is 0 Å². The number of fused-ring (bicyclic) bond motifs is 1. The minimum Gasteiger partial charge on any atom is -0.507 e. The Balaban J connectivity index is 1.53. The lowest BCUT2D eigenvalue weighted by atomic mass is 9.93. The predicted molar refractivity (Wildman–Crippen MR) is 132 cm³/mol. The summed E-state index contributed by atoms with van der Waals surface area (Å²) < 4.78 is 7.72. The van der Waals surface area contributed by atoms with Gasteiger partial charge in [0, 0.05) is 37.5 Å². The van der Waals surface area contributed by atoms with Gasteiger partial charge in [-0.3, -0.25) is 9.59 Å². The molecule has 0 unspecified atom stereocenters. The molecular formula is C28H29N3O4. The van der Waals surface area contributed by atoms with Crippen molar-refractivity contribution in [1.29, 1.82) is 0 Å². The third-order valence-corrected chi connectivity index (χ3v) is 6.79. The van der Waals surface area contributed by atoms with Crippen LogP contribution >= 0.6 is 0 Å². The van der Waals surface area contributed by atoms with Gasteiger partial charge in [-0.05, 0) is 54.7 Å². The van der Waals surface area contributed by atoms with Crippen molar-refractivity contribution in [1.82, 2.24) is 14.5 Å². The van der Waals surface area contributed by atoms with Gasteiger partial charge in [-0.2, -0.15) is 0 Å². The van der Waals surface area contributed by atoms with Crippen molar-refractivity contribution in [3.05, 3.63) is 89.0 Å². The number of carbonyl (C=O) groups is 2. The lowest BCUT2D eigenvalue weighted by molar-refractivity contribution is -0.139. The molecule has 7 heteroatoms. The molecule has 1 saturated heterocycles. The second-order valence-corrected chi connectivity index (χ2v) is 9.20. The maximum absolute atomic E-state index is 13.3. The number of rotatable bonds is 7. The molecule has 3 aromatic rings. The van der Waals surface area contributed by atoms with E-state index in [-0.39, 0.29) is 17.4 Å². The summed E-state index contributed by atoms with van der Waals surface area (Å²) >= 11 is 0. The molecule has 0 saturated carbocycles. The Hall–Kier alpha value is -3.87. The molecule has 2 aromatic carbocycles. The number of ketones is 1. The molecule has 1 aromatic heterocycles. The molecule has 0 aliphatic carbocycles. The number of aliphatic hydroxyl groups is 1. The SMILES string of the molecule is CCc1ccc([C@H]2C(=C(O)c3ccc4c(c3)C[C@@H](C)O4)C(=O)C(=O)N2CCCn2ccnc2)cc1. The maximum atomic E-state index is 13.3. The van der Waals surface area contributed by atoms with Crippen molar-refractivity contribution < 1.29 is 19.4 Å². The highest BCUT2D eigenvalue weighted by Crippen LogP contribution is 2.40. The first-order valence-corrected chi connectivity index (χ1v) is 12.1. The zero-order valence-corrected chi connectivity index (χ0v) is 20.0. The van der Waals surface area contributed by atoms with Gasteiger partial charge in [-0.25, -0.2) is 4.98 Å². The van der Waals surface area contributed by atoms with Gasteiger partial charge >= 0.3 is 0 Å². The number of aromatic nitrogens is 2. The fourth-order valence-electron chi connectivity index (χ4n) is 4.96. The van der Waals surface area contributed by atoms with Gasteiger partial charge in [0.15, 0.2) is 0 Å². The second kappa shape index (κ2) is 9.41. The summed E-state index contributed by atoms with van der Waals surface area (Å²) in [6.45, 7) is 5.13. The summed E-state index contributed by atoms with van der Waals surface area (Å²) in [5, 5.41) is 11.4. The van der Waals surface area contributed by atoms with Crippen LogP contribution in [0.5, 0.6) is 5.75 Å². The highest BCUT2D eigenvalue weighted by atomic mass is 16.5. The highest BCUT2D eigenvalue weighted by molar-refractivity contribution is 6.46. The van der Waals surface area contributed by atoms with E-state index in [9.17, 15) is 14.7 Å². The zero-order chi connectivity index (χ0) is 24.5. The molecule has 1 N–H and O–H groups in total. The van der Waals surface area contributed by atoms with Gasteiger partial charge in [0.1, 0.15) is 17.6 Å². The van der Waals surface area contributed by atoms with Crippen LogP contribution in [0.2, 0.25) is 0 Å². The molecule has 0 bridgehead atoms. The fraction of sp³-hybridized carbons (Fsp3) is 0.321. The number of aryl methyl sites for hydroxylation is 2. The van der Waals surface area contributed by atoms with E-state index < -0.39 is 17.7 Å². The summed E-state index contributed by atoms with van der Waals surface area (Å²) in [6.07, 6.45) is 7.66. The van der Waals surface area contributed by atoms with E-state index in [1.807, 2.05) is 54.1 Å². The van der Waals surface area contributed by atoms with Crippen LogP contribution in [0.25, 0.3) is 5.76 Å². The van der Waals surface area contributed by atoms with Crippen molar-refractivity contribution in [2.24, 2.45) is 0 Å². The molecule has 3 heterocycles. The first-order valence-electron chi connectivity index (χ1n) is 12.1. The quantitative estimate of drug-likeness (QED) is 0.316. The average Bonchev–Trinajstić information content (AvgIpc) is 3.57. The summed E-state index contributed by atoms with van der Waals surface area (Å²) in [6, 6.07) is 12.7. The molecule has 2 aliphatic rings. The third-order valence-electron chi connectivity index (χ3n) is 6.79. The van der Waals surface area contributed by atoms with Gasteiger partial charge in [-0.1, -0.05) is 31.2 Å². The van der Waals surface area contributed by atoms with E-state index in [1.165, 1.54) is 5.56 Å². The summed E-state index contributed by atoms with van der Waals surface area (Å²) in [7, 11) is 0. The smallest absolute Gasteiger partial charge is 0.295 e. The largest absolute Gasteiger partial charge is 0.507 e. The predicted octanol–water partition coefficient (Wildman–Crippen LogP) is 4.28. The number of hydrogen-bond donors (Lipinski definition) is 1. The van der Waals surface area contributed by atoms with Crippen LogP contribution in [0.15, 0.2) is 66.8 Å². The van der Waals surface area contributed by atoms with Gasteiger partial charge in [0.2, 0.25) is 0 Å². The van der Waals surface area contributed by atoms with E-state index in [0.29, 0.717) is 25.1 Å². The first kappa shape index (κ1) is 22.9. The number of carbonyl (C=O) groups excluding carboxylic acids is 2. The van der Waals surface area contributed by atoms with Crippen LogP contribution < -0.4 is 4.74 Å². The molecule has 35 heavy (non-hydrogen) atoms.